The Morgan fingerprint density at radius 3 is 2.43 bits per heavy atom. The first-order chi connectivity index (χ1) is 16.7. The Morgan fingerprint density at radius 2 is 1.74 bits per heavy atom. The van der Waals surface area contributed by atoms with Crippen molar-refractivity contribution in [3.63, 3.8) is 0 Å². The summed E-state index contributed by atoms with van der Waals surface area (Å²) in [7, 11) is 0. The van der Waals surface area contributed by atoms with Crippen LogP contribution in [0.25, 0.3) is 0 Å². The van der Waals surface area contributed by atoms with Crippen LogP contribution in [0.15, 0.2) is 54.6 Å². The van der Waals surface area contributed by atoms with Crippen LogP contribution < -0.4 is 14.5 Å². The van der Waals surface area contributed by atoms with Gasteiger partial charge in [0, 0.05) is 18.7 Å². The van der Waals surface area contributed by atoms with E-state index in [0.717, 1.165) is 11.3 Å². The van der Waals surface area contributed by atoms with Crippen LogP contribution in [-0.2, 0) is 19.2 Å². The van der Waals surface area contributed by atoms with Crippen LogP contribution in [0.1, 0.15) is 30.9 Å². The van der Waals surface area contributed by atoms with Gasteiger partial charge in [0.05, 0.1) is 23.4 Å². The maximum atomic E-state index is 13.1. The number of hydrogen-bond acceptors (Lipinski definition) is 5. The van der Waals surface area contributed by atoms with Gasteiger partial charge in [0.1, 0.15) is 5.75 Å². The number of aryl methyl sites for hydroxylation is 2. The molecule has 0 unspecified atom stereocenters. The molecule has 2 saturated heterocycles. The van der Waals surface area contributed by atoms with Gasteiger partial charge in [-0.3, -0.25) is 19.2 Å². The van der Waals surface area contributed by atoms with E-state index in [4.69, 9.17) is 4.74 Å². The average molecular weight is 473 g/mol. The number of benzene rings is 2. The number of carbonyl (C=O) groups excluding carboxylic acids is 4. The molecule has 0 radical (unpaired) electrons. The van der Waals surface area contributed by atoms with Crippen LogP contribution in [0.5, 0.6) is 5.75 Å². The third-order valence-corrected chi connectivity index (χ3v) is 7.30. The number of nitrogens with zero attached hydrogens (tertiary/aromatic N) is 2. The summed E-state index contributed by atoms with van der Waals surface area (Å²) in [5.74, 6) is -1.82. The zero-order valence-electron chi connectivity index (χ0n) is 20.1. The minimum absolute atomic E-state index is 0.0179. The average Bonchev–Trinajstić information content (AvgIpc) is 3.33. The summed E-state index contributed by atoms with van der Waals surface area (Å²) in [5.41, 5.74) is 3.04. The lowest BCUT2D eigenvalue weighted by Gasteiger charge is -2.22. The molecular formula is C28H28N2O5. The quantitative estimate of drug-likeness (QED) is 0.291. The molecule has 2 aliphatic heterocycles. The van der Waals surface area contributed by atoms with Gasteiger partial charge in [-0.15, -0.1) is 0 Å². The molecule has 1 aliphatic carbocycles. The molecule has 2 aromatic rings. The second-order valence-corrected chi connectivity index (χ2v) is 9.78. The lowest BCUT2D eigenvalue weighted by atomic mass is 9.78. The highest BCUT2D eigenvalue weighted by atomic mass is 16.5. The predicted octanol–water partition coefficient (Wildman–Crippen LogP) is 3.96. The number of rotatable bonds is 4. The van der Waals surface area contributed by atoms with E-state index in [-0.39, 0.29) is 48.4 Å². The highest BCUT2D eigenvalue weighted by Crippen LogP contribution is 2.41. The second kappa shape index (κ2) is 8.80. The molecule has 0 spiro atoms. The zero-order chi connectivity index (χ0) is 24.9. The van der Waals surface area contributed by atoms with Crippen molar-refractivity contribution in [1.82, 2.24) is 0 Å². The molecule has 0 N–H and O–H groups in total. The Labute approximate surface area is 204 Å². The fourth-order valence-corrected chi connectivity index (χ4v) is 5.37. The number of imide groups is 1. The number of fused-ring (bicyclic) bond motifs is 1. The molecule has 4 atom stereocenters. The summed E-state index contributed by atoms with van der Waals surface area (Å²) < 4.78 is 5.60. The van der Waals surface area contributed by atoms with Crippen molar-refractivity contribution in [2.45, 2.75) is 33.6 Å². The van der Waals surface area contributed by atoms with Gasteiger partial charge in [0.25, 0.3) is 0 Å². The summed E-state index contributed by atoms with van der Waals surface area (Å²) >= 11 is 0. The molecule has 0 bridgehead atoms. The van der Waals surface area contributed by atoms with Crippen molar-refractivity contribution in [3.05, 3.63) is 65.7 Å². The van der Waals surface area contributed by atoms with Crippen LogP contribution >= 0.6 is 0 Å². The molecule has 7 nitrogen and oxygen atoms in total. The maximum absolute atomic E-state index is 13.1. The van der Waals surface area contributed by atoms with Gasteiger partial charge in [0.15, 0.2) is 0 Å². The van der Waals surface area contributed by atoms with Crippen LogP contribution in [0.3, 0.4) is 0 Å². The van der Waals surface area contributed by atoms with Crippen molar-refractivity contribution in [2.75, 3.05) is 16.3 Å². The normalized spacial score (nSPS) is 25.9. The lowest BCUT2D eigenvalue weighted by Crippen LogP contribution is -2.32. The van der Waals surface area contributed by atoms with E-state index in [1.807, 2.05) is 50.3 Å². The van der Waals surface area contributed by atoms with Gasteiger partial charge < -0.3 is 9.64 Å². The molecule has 3 aliphatic rings. The van der Waals surface area contributed by atoms with Crippen molar-refractivity contribution in [2.24, 2.45) is 23.7 Å². The standard InChI is InChI=1S/C28H28N2O5/c1-16-7-9-20(10-8-16)29-15-19(14-24(29)31)28(34)35-21-11-12-23(18(3)13-21)30-26(32)22-6-4-5-17(2)25(22)27(30)33/h4-5,7-13,17,19,22,25H,6,14-15H2,1-3H3/t17-,19+,22+,25-/m0/s1. The highest BCUT2D eigenvalue weighted by Gasteiger charge is 2.50. The number of hydrogen-bond donors (Lipinski definition) is 0. The second-order valence-electron chi connectivity index (χ2n) is 9.78. The van der Waals surface area contributed by atoms with E-state index in [1.54, 1.807) is 30.0 Å². The SMILES string of the molecule is Cc1ccc(N2C[C@H](C(=O)Oc3ccc(N4C(=O)[C@H]5[C@@H](C)C=CC[C@H]5C4=O)c(C)c3)CC2=O)cc1. The number of ether oxygens (including phenoxy) is 1. The Bertz CT molecular complexity index is 1250. The topological polar surface area (TPSA) is 84.0 Å². The van der Waals surface area contributed by atoms with Gasteiger partial charge in [-0.05, 0) is 62.1 Å². The number of carbonyl (C=O) groups is 4. The molecule has 35 heavy (non-hydrogen) atoms. The first-order valence-corrected chi connectivity index (χ1v) is 12.0. The fourth-order valence-electron chi connectivity index (χ4n) is 5.37. The summed E-state index contributed by atoms with van der Waals surface area (Å²) in [6, 6.07) is 12.5. The summed E-state index contributed by atoms with van der Waals surface area (Å²) in [6.07, 6.45) is 4.64. The van der Waals surface area contributed by atoms with Crippen LogP contribution in [0.4, 0.5) is 11.4 Å². The van der Waals surface area contributed by atoms with Crippen molar-refractivity contribution < 1.29 is 23.9 Å². The van der Waals surface area contributed by atoms with E-state index >= 15 is 0 Å². The van der Waals surface area contributed by atoms with Crippen LogP contribution in [0, 0.1) is 37.5 Å². The molecular weight excluding hydrogens is 444 g/mol. The van der Waals surface area contributed by atoms with Crippen molar-refractivity contribution in [1.29, 1.82) is 0 Å². The van der Waals surface area contributed by atoms with Crippen molar-refractivity contribution in [3.8, 4) is 5.75 Å². The Hall–Kier alpha value is -3.74. The van der Waals surface area contributed by atoms with Gasteiger partial charge in [0.2, 0.25) is 17.7 Å². The van der Waals surface area contributed by atoms with Crippen LogP contribution in [0.2, 0.25) is 0 Å². The van der Waals surface area contributed by atoms with Gasteiger partial charge in [-0.25, -0.2) is 4.90 Å². The van der Waals surface area contributed by atoms with Crippen LogP contribution in [-0.4, -0.2) is 30.2 Å². The molecule has 3 amide bonds. The summed E-state index contributed by atoms with van der Waals surface area (Å²) in [5, 5.41) is 0. The molecule has 2 fully saturated rings. The predicted molar refractivity (Wildman–Crippen MR) is 131 cm³/mol. The molecule has 180 valence electrons. The molecule has 7 heteroatoms. The van der Waals surface area contributed by atoms with E-state index in [1.165, 1.54) is 4.90 Å². The molecule has 2 aromatic carbocycles. The maximum Gasteiger partial charge on any atom is 0.316 e. The first-order valence-electron chi connectivity index (χ1n) is 12.0. The minimum atomic E-state index is -0.567. The lowest BCUT2D eigenvalue weighted by molar-refractivity contribution is -0.139. The van der Waals surface area contributed by atoms with E-state index < -0.39 is 11.9 Å². The molecule has 5 rings (SSSR count). The van der Waals surface area contributed by atoms with E-state index in [0.29, 0.717) is 23.4 Å². The Kier molecular flexibility index (Phi) is 5.79. The number of esters is 1. The zero-order valence-corrected chi connectivity index (χ0v) is 20.1. The number of amides is 3. The monoisotopic (exact) mass is 472 g/mol. The van der Waals surface area contributed by atoms with Gasteiger partial charge >= 0.3 is 5.97 Å². The number of allylic oxidation sites excluding steroid dienone is 2. The van der Waals surface area contributed by atoms with Crippen molar-refractivity contribution >= 4 is 35.1 Å². The third-order valence-electron chi connectivity index (χ3n) is 7.30. The minimum Gasteiger partial charge on any atom is -0.426 e. The molecule has 0 aromatic heterocycles. The smallest absolute Gasteiger partial charge is 0.316 e. The Morgan fingerprint density at radius 1 is 1.00 bits per heavy atom. The highest BCUT2D eigenvalue weighted by molar-refractivity contribution is 6.22. The summed E-state index contributed by atoms with van der Waals surface area (Å²) in [6.45, 7) is 5.99. The van der Waals surface area contributed by atoms with E-state index in [9.17, 15) is 19.2 Å². The first kappa shape index (κ1) is 23.0. The Balaban J connectivity index is 1.28. The van der Waals surface area contributed by atoms with E-state index in [2.05, 4.69) is 0 Å². The van der Waals surface area contributed by atoms with Gasteiger partial charge in [-0.2, -0.15) is 0 Å². The van der Waals surface area contributed by atoms with Gasteiger partial charge in [-0.1, -0.05) is 36.8 Å². The number of anilines is 2. The summed E-state index contributed by atoms with van der Waals surface area (Å²) in [4.78, 5) is 54.4. The molecule has 0 saturated carbocycles. The largest absolute Gasteiger partial charge is 0.426 e. The molecule has 2 heterocycles. The third kappa shape index (κ3) is 4.05. The fraction of sp³-hybridized carbons (Fsp3) is 0.357.